The first-order valence-electron chi connectivity index (χ1n) is 12.9. The molecule has 3 N–H and O–H groups in total. The largest absolute Gasteiger partial charge is 0.444 e. The smallest absolute Gasteiger partial charge is 0.407 e. The number of hydrogen-bond donors (Lipinski definition) is 3. The van der Waals surface area contributed by atoms with Crippen molar-refractivity contribution in [2.24, 2.45) is 0 Å². The van der Waals surface area contributed by atoms with Gasteiger partial charge >= 0.3 is 6.09 Å². The molecule has 2 unspecified atom stereocenters. The number of amides is 2. The summed E-state index contributed by atoms with van der Waals surface area (Å²) in [6, 6.07) is 27.8. The zero-order valence-corrected chi connectivity index (χ0v) is 21.7. The highest BCUT2D eigenvalue weighted by Crippen LogP contribution is 2.16. The van der Waals surface area contributed by atoms with Crippen molar-refractivity contribution < 1.29 is 28.8 Å². The molecule has 1 saturated heterocycles. The molecule has 0 bridgehead atoms. The summed E-state index contributed by atoms with van der Waals surface area (Å²) in [6.45, 7) is 1.53. The number of aliphatic hydroxyl groups is 1. The molecule has 0 radical (unpaired) electrons. The van der Waals surface area contributed by atoms with Crippen molar-refractivity contribution in [2.75, 3.05) is 26.8 Å². The van der Waals surface area contributed by atoms with Gasteiger partial charge in [0.1, 0.15) is 25.3 Å². The summed E-state index contributed by atoms with van der Waals surface area (Å²) >= 11 is 0. The van der Waals surface area contributed by atoms with Crippen molar-refractivity contribution in [3.05, 3.63) is 108 Å². The Labute approximate surface area is 223 Å². The molecule has 38 heavy (non-hydrogen) atoms. The molecule has 8 heteroatoms. The van der Waals surface area contributed by atoms with Gasteiger partial charge in [0.2, 0.25) is 0 Å². The van der Waals surface area contributed by atoms with E-state index in [-0.39, 0.29) is 23.1 Å². The number of carbonyl (C=O) groups excluding carboxylic acids is 2. The lowest BCUT2D eigenvalue weighted by Crippen LogP contribution is -2.62. The van der Waals surface area contributed by atoms with Gasteiger partial charge in [-0.3, -0.25) is 4.79 Å². The van der Waals surface area contributed by atoms with Crippen LogP contribution >= 0.6 is 0 Å². The highest BCUT2D eigenvalue weighted by Gasteiger charge is 2.34. The van der Waals surface area contributed by atoms with Crippen molar-refractivity contribution in [3.8, 4) is 0 Å². The van der Waals surface area contributed by atoms with E-state index in [2.05, 4.69) is 10.7 Å². The van der Waals surface area contributed by atoms with Crippen molar-refractivity contribution in [2.45, 2.75) is 37.6 Å². The monoisotopic (exact) mass is 518 g/mol. The third-order valence-corrected chi connectivity index (χ3v) is 6.60. The van der Waals surface area contributed by atoms with Crippen LogP contribution in [0, 0.1) is 0 Å². The Morgan fingerprint density at radius 3 is 2.18 bits per heavy atom. The molecule has 8 nitrogen and oxygen atoms in total. The zero-order valence-electron chi connectivity index (χ0n) is 21.7. The van der Waals surface area contributed by atoms with Crippen molar-refractivity contribution in [1.82, 2.24) is 10.7 Å². The molecule has 3 aromatic carbocycles. The first-order chi connectivity index (χ1) is 18.4. The van der Waals surface area contributed by atoms with E-state index < -0.39 is 18.2 Å². The molecule has 1 fully saturated rings. The van der Waals surface area contributed by atoms with Crippen LogP contribution in [0.5, 0.6) is 0 Å². The maximum absolute atomic E-state index is 13.2. The van der Waals surface area contributed by atoms with Gasteiger partial charge in [-0.15, -0.1) is 0 Å². The minimum absolute atomic E-state index is 0.0252. The number of rotatable bonds is 11. The molecular weight excluding hydrogens is 482 g/mol. The fraction of sp³-hybridized carbons (Fsp3) is 0.333. The van der Waals surface area contributed by atoms with E-state index in [1.807, 2.05) is 85.9 Å². The maximum atomic E-state index is 13.2. The first-order valence-corrected chi connectivity index (χ1v) is 12.9. The lowest BCUT2D eigenvalue weighted by molar-refractivity contribution is -0.958. The quantitative estimate of drug-likeness (QED) is 0.267. The van der Waals surface area contributed by atoms with E-state index in [1.54, 1.807) is 12.1 Å². The number of ether oxygens (including phenoxy) is 2. The number of hydrogen-bond acceptors (Lipinski definition) is 5. The SMILES string of the molecule is C[N+](Cc1ccccc1)(C[C@H](O)[C@H](Cc1ccccc1)NC(=O)OC1CCOC1)NC(=O)c1ccccc1. The molecule has 0 spiro atoms. The van der Waals surface area contributed by atoms with Gasteiger partial charge in [0.25, 0.3) is 5.91 Å². The van der Waals surface area contributed by atoms with Crippen molar-refractivity contribution in [1.29, 1.82) is 0 Å². The summed E-state index contributed by atoms with van der Waals surface area (Å²) in [5, 5.41) is 14.4. The summed E-state index contributed by atoms with van der Waals surface area (Å²) in [5.41, 5.74) is 5.59. The van der Waals surface area contributed by atoms with Gasteiger partial charge in [-0.1, -0.05) is 78.9 Å². The van der Waals surface area contributed by atoms with Crippen molar-refractivity contribution in [3.63, 3.8) is 0 Å². The van der Waals surface area contributed by atoms with E-state index in [9.17, 15) is 14.7 Å². The molecule has 4 rings (SSSR count). The number of aliphatic hydroxyl groups excluding tert-OH is 1. The van der Waals surface area contributed by atoms with Gasteiger partial charge < -0.3 is 19.9 Å². The predicted molar refractivity (Wildman–Crippen MR) is 144 cm³/mol. The highest BCUT2D eigenvalue weighted by molar-refractivity contribution is 5.93. The zero-order chi connectivity index (χ0) is 26.8. The van der Waals surface area contributed by atoms with Crippen LogP contribution < -0.4 is 10.7 Å². The minimum atomic E-state index is -0.993. The molecular formula is C30H36N3O5+. The van der Waals surface area contributed by atoms with Crippen LogP contribution in [-0.4, -0.2) is 66.8 Å². The Hall–Kier alpha value is -3.72. The van der Waals surface area contributed by atoms with Crippen LogP contribution in [0.4, 0.5) is 4.79 Å². The van der Waals surface area contributed by atoms with Crippen LogP contribution in [0.15, 0.2) is 91.0 Å². The second-order valence-electron chi connectivity index (χ2n) is 9.93. The third kappa shape index (κ3) is 8.14. The van der Waals surface area contributed by atoms with Crippen molar-refractivity contribution >= 4 is 12.0 Å². The Bertz CT molecular complexity index is 1160. The summed E-state index contributed by atoms with van der Waals surface area (Å²) in [4.78, 5) is 25.9. The maximum Gasteiger partial charge on any atom is 0.407 e. The Kier molecular flexibility index (Phi) is 9.48. The molecule has 200 valence electrons. The molecule has 0 aromatic heterocycles. The second kappa shape index (κ2) is 13.2. The lowest BCUT2D eigenvalue weighted by atomic mass is 10.0. The van der Waals surface area contributed by atoms with E-state index in [1.165, 1.54) is 0 Å². The minimum Gasteiger partial charge on any atom is -0.444 e. The number of alkyl carbamates (subject to hydrolysis) is 1. The fourth-order valence-electron chi connectivity index (χ4n) is 4.67. The normalized spacial score (nSPS) is 18.1. The number of nitrogens with zero attached hydrogens (tertiary/aromatic N) is 1. The predicted octanol–water partition coefficient (Wildman–Crippen LogP) is 3.47. The standard InChI is InChI=1S/C30H35N3O5/c1-33(20-24-13-7-3-8-14-24,32-29(35)25-15-9-4-10-16-25)21-28(34)27(19-23-11-5-2-6-12-23)31-30(36)38-26-17-18-37-22-26/h2-16,26-28,34H,17-22H2,1H3,(H-,31,32,35,36)/p+1/t26?,27-,28-,33?/m0/s1. The second-order valence-corrected chi connectivity index (χ2v) is 9.93. The van der Waals surface area contributed by atoms with Crippen LogP contribution in [-0.2, 0) is 22.4 Å². The van der Waals surface area contributed by atoms with Gasteiger partial charge in [-0.25, -0.2) is 9.39 Å². The van der Waals surface area contributed by atoms with Crippen LogP contribution in [0.25, 0.3) is 0 Å². The molecule has 1 aliphatic rings. The first kappa shape index (κ1) is 27.3. The molecule has 0 saturated carbocycles. The Morgan fingerprint density at radius 1 is 0.974 bits per heavy atom. The number of quaternary nitrogens is 1. The summed E-state index contributed by atoms with van der Waals surface area (Å²) in [6.07, 6.45) is -0.833. The summed E-state index contributed by atoms with van der Waals surface area (Å²) in [5.74, 6) is -0.246. The van der Waals surface area contributed by atoms with Crippen LogP contribution in [0.1, 0.15) is 27.9 Å². The van der Waals surface area contributed by atoms with E-state index in [0.29, 0.717) is 38.2 Å². The third-order valence-electron chi connectivity index (χ3n) is 6.60. The van der Waals surface area contributed by atoms with E-state index in [4.69, 9.17) is 9.47 Å². The molecule has 3 aromatic rings. The molecule has 0 aliphatic carbocycles. The summed E-state index contributed by atoms with van der Waals surface area (Å²) in [7, 11) is 1.87. The lowest BCUT2D eigenvalue weighted by Gasteiger charge is -2.37. The van der Waals surface area contributed by atoms with Gasteiger partial charge in [-0.2, -0.15) is 5.43 Å². The van der Waals surface area contributed by atoms with Crippen LogP contribution in [0.2, 0.25) is 0 Å². The topological polar surface area (TPSA) is 96.9 Å². The van der Waals surface area contributed by atoms with E-state index in [0.717, 1.165) is 11.1 Å². The number of carbonyl (C=O) groups is 2. The number of nitrogens with one attached hydrogen (secondary N) is 2. The molecule has 1 aliphatic heterocycles. The fourth-order valence-corrected chi connectivity index (χ4v) is 4.67. The number of benzene rings is 3. The van der Waals surface area contributed by atoms with Crippen LogP contribution in [0.3, 0.4) is 0 Å². The van der Waals surface area contributed by atoms with Gasteiger partial charge in [0, 0.05) is 17.5 Å². The number of likely N-dealkylation sites (N-methyl/N-ethyl adjacent to an activating group) is 1. The molecule has 4 atom stereocenters. The van der Waals surface area contributed by atoms with Gasteiger partial charge in [-0.05, 0) is 24.1 Å². The average molecular weight is 519 g/mol. The van der Waals surface area contributed by atoms with Gasteiger partial charge in [0.15, 0.2) is 0 Å². The van der Waals surface area contributed by atoms with E-state index >= 15 is 0 Å². The Morgan fingerprint density at radius 2 is 1.58 bits per heavy atom. The summed E-state index contributed by atoms with van der Waals surface area (Å²) < 4.78 is 10.8. The highest BCUT2D eigenvalue weighted by atomic mass is 16.6. The Balaban J connectivity index is 1.53. The van der Waals surface area contributed by atoms with Gasteiger partial charge in [0.05, 0.1) is 26.3 Å². The average Bonchev–Trinajstić information content (AvgIpc) is 3.42. The molecule has 2 amide bonds. The molecule has 1 heterocycles.